The summed E-state index contributed by atoms with van der Waals surface area (Å²) in [7, 11) is 0. The van der Waals surface area contributed by atoms with Crippen molar-refractivity contribution in [3.63, 3.8) is 0 Å². The van der Waals surface area contributed by atoms with Crippen molar-refractivity contribution in [3.8, 4) is 11.3 Å². The van der Waals surface area contributed by atoms with E-state index >= 15 is 0 Å². The van der Waals surface area contributed by atoms with Crippen LogP contribution < -0.4 is 5.32 Å². The smallest absolute Gasteiger partial charge is 0.0650 e. The molecule has 3 aromatic rings. The van der Waals surface area contributed by atoms with Gasteiger partial charge in [-0.3, -0.25) is 5.10 Å². The fourth-order valence-electron chi connectivity index (χ4n) is 2.05. The first-order valence-corrected chi connectivity index (χ1v) is 7.67. The first kappa shape index (κ1) is 14.2. The molecule has 0 aliphatic heterocycles. The lowest BCUT2D eigenvalue weighted by atomic mass is 10.1. The summed E-state index contributed by atoms with van der Waals surface area (Å²) in [6.07, 6.45) is 1.75. The maximum absolute atomic E-state index is 5.94. The molecule has 21 heavy (non-hydrogen) atoms. The van der Waals surface area contributed by atoms with Gasteiger partial charge in [0, 0.05) is 27.9 Å². The van der Waals surface area contributed by atoms with Crippen LogP contribution in [0.4, 0.5) is 5.69 Å². The maximum atomic E-state index is 5.94. The fourth-order valence-corrected chi connectivity index (χ4v) is 2.87. The van der Waals surface area contributed by atoms with E-state index in [1.807, 2.05) is 24.3 Å². The van der Waals surface area contributed by atoms with Gasteiger partial charge in [-0.25, -0.2) is 0 Å². The maximum Gasteiger partial charge on any atom is 0.0650 e. The molecular formula is C16H13BrClN3. The second-order valence-corrected chi connectivity index (χ2v) is 5.93. The third-order valence-corrected chi connectivity index (χ3v) is 4.17. The topological polar surface area (TPSA) is 40.7 Å². The number of rotatable bonds is 4. The summed E-state index contributed by atoms with van der Waals surface area (Å²) in [4.78, 5) is 0. The van der Waals surface area contributed by atoms with Crippen LogP contribution in [0.5, 0.6) is 0 Å². The van der Waals surface area contributed by atoms with Crippen LogP contribution in [0.2, 0.25) is 5.02 Å². The molecule has 0 amide bonds. The summed E-state index contributed by atoms with van der Waals surface area (Å²) in [6, 6.07) is 16.0. The first-order chi connectivity index (χ1) is 10.2. The molecule has 0 fully saturated rings. The number of aromatic nitrogens is 2. The molecule has 3 nitrogen and oxygen atoms in total. The first-order valence-electron chi connectivity index (χ1n) is 6.50. The molecule has 0 unspecified atom stereocenters. The Morgan fingerprint density at radius 3 is 2.57 bits per heavy atom. The lowest BCUT2D eigenvalue weighted by Crippen LogP contribution is -2.00. The van der Waals surface area contributed by atoms with E-state index in [2.05, 4.69) is 55.7 Å². The SMILES string of the molecule is Clc1ccc(CNc2ccc(-c3ccn[nH]3)cc2)c(Br)c1. The minimum Gasteiger partial charge on any atom is -0.381 e. The molecule has 5 heteroatoms. The molecule has 2 N–H and O–H groups in total. The van der Waals surface area contributed by atoms with Gasteiger partial charge in [0.05, 0.1) is 5.69 Å². The number of aromatic amines is 1. The van der Waals surface area contributed by atoms with Crippen LogP contribution in [-0.4, -0.2) is 10.2 Å². The fraction of sp³-hybridized carbons (Fsp3) is 0.0625. The van der Waals surface area contributed by atoms with Gasteiger partial charge in [0.15, 0.2) is 0 Å². The lowest BCUT2D eigenvalue weighted by molar-refractivity contribution is 1.09. The highest BCUT2D eigenvalue weighted by molar-refractivity contribution is 9.10. The number of H-pyrrole nitrogens is 1. The van der Waals surface area contributed by atoms with Crippen molar-refractivity contribution >= 4 is 33.2 Å². The second-order valence-electron chi connectivity index (χ2n) is 4.64. The Kier molecular flexibility index (Phi) is 4.27. The van der Waals surface area contributed by atoms with E-state index < -0.39 is 0 Å². The monoisotopic (exact) mass is 361 g/mol. The summed E-state index contributed by atoms with van der Waals surface area (Å²) in [5.74, 6) is 0. The Hall–Kier alpha value is -1.78. The van der Waals surface area contributed by atoms with Gasteiger partial charge in [0.25, 0.3) is 0 Å². The van der Waals surface area contributed by atoms with Crippen LogP contribution in [0.3, 0.4) is 0 Å². The summed E-state index contributed by atoms with van der Waals surface area (Å²) in [5, 5.41) is 11.0. The van der Waals surface area contributed by atoms with Gasteiger partial charge in [-0.05, 0) is 41.5 Å². The summed E-state index contributed by atoms with van der Waals surface area (Å²) in [6.45, 7) is 0.737. The van der Waals surface area contributed by atoms with Crippen molar-refractivity contribution in [1.29, 1.82) is 0 Å². The van der Waals surface area contributed by atoms with Gasteiger partial charge in [-0.1, -0.05) is 45.7 Å². The molecular weight excluding hydrogens is 350 g/mol. The minimum absolute atomic E-state index is 0.731. The normalized spacial score (nSPS) is 10.6. The van der Waals surface area contributed by atoms with Crippen LogP contribution in [0.15, 0.2) is 59.2 Å². The Morgan fingerprint density at radius 1 is 1.10 bits per heavy atom. The van der Waals surface area contributed by atoms with Crippen molar-refractivity contribution in [2.45, 2.75) is 6.54 Å². The highest BCUT2D eigenvalue weighted by Gasteiger charge is 2.02. The Morgan fingerprint density at radius 2 is 1.90 bits per heavy atom. The Bertz CT molecular complexity index is 724. The van der Waals surface area contributed by atoms with Crippen molar-refractivity contribution in [3.05, 3.63) is 69.8 Å². The van der Waals surface area contributed by atoms with Crippen molar-refractivity contribution in [1.82, 2.24) is 10.2 Å². The number of halogens is 2. The highest BCUT2D eigenvalue weighted by Crippen LogP contribution is 2.23. The van der Waals surface area contributed by atoms with Gasteiger partial charge >= 0.3 is 0 Å². The molecule has 0 aliphatic rings. The van der Waals surface area contributed by atoms with Gasteiger partial charge in [-0.2, -0.15) is 5.10 Å². The molecule has 0 bridgehead atoms. The minimum atomic E-state index is 0.731. The second kappa shape index (κ2) is 6.33. The third kappa shape index (κ3) is 3.46. The van der Waals surface area contributed by atoms with Gasteiger partial charge in [0.1, 0.15) is 0 Å². The van der Waals surface area contributed by atoms with Crippen LogP contribution in [0, 0.1) is 0 Å². The predicted molar refractivity (Wildman–Crippen MR) is 90.5 cm³/mol. The lowest BCUT2D eigenvalue weighted by Gasteiger charge is -2.09. The van der Waals surface area contributed by atoms with Gasteiger partial charge in [0.2, 0.25) is 0 Å². The van der Waals surface area contributed by atoms with Crippen LogP contribution >= 0.6 is 27.5 Å². The third-order valence-electron chi connectivity index (χ3n) is 3.19. The van der Waals surface area contributed by atoms with E-state index in [4.69, 9.17) is 11.6 Å². The van der Waals surface area contributed by atoms with Crippen molar-refractivity contribution in [2.24, 2.45) is 0 Å². The van der Waals surface area contributed by atoms with Crippen molar-refractivity contribution < 1.29 is 0 Å². The molecule has 2 aromatic carbocycles. The number of nitrogens with one attached hydrogen (secondary N) is 2. The summed E-state index contributed by atoms with van der Waals surface area (Å²) < 4.78 is 1.01. The number of anilines is 1. The zero-order valence-corrected chi connectivity index (χ0v) is 13.4. The van der Waals surface area contributed by atoms with Crippen molar-refractivity contribution in [2.75, 3.05) is 5.32 Å². The molecule has 0 spiro atoms. The zero-order valence-electron chi connectivity index (χ0n) is 11.1. The molecule has 3 rings (SSSR count). The molecule has 0 saturated carbocycles. The molecule has 0 aliphatic carbocycles. The van der Waals surface area contributed by atoms with E-state index in [0.29, 0.717) is 0 Å². The number of hydrogen-bond donors (Lipinski definition) is 2. The molecule has 0 atom stereocenters. The van der Waals surface area contributed by atoms with Gasteiger partial charge < -0.3 is 5.32 Å². The van der Waals surface area contributed by atoms with E-state index in [1.165, 1.54) is 0 Å². The largest absolute Gasteiger partial charge is 0.381 e. The molecule has 0 radical (unpaired) electrons. The van der Waals surface area contributed by atoms with E-state index in [0.717, 1.165) is 38.5 Å². The zero-order chi connectivity index (χ0) is 14.7. The molecule has 1 heterocycles. The quantitative estimate of drug-likeness (QED) is 0.677. The Labute approximate surface area is 136 Å². The van der Waals surface area contributed by atoms with E-state index in [1.54, 1.807) is 6.20 Å². The van der Waals surface area contributed by atoms with Gasteiger partial charge in [-0.15, -0.1) is 0 Å². The molecule has 106 valence electrons. The molecule has 0 saturated heterocycles. The Balaban J connectivity index is 1.68. The molecule has 1 aromatic heterocycles. The predicted octanol–water partition coefficient (Wildman–Crippen LogP) is 5.10. The number of nitrogens with zero attached hydrogens (tertiary/aromatic N) is 1. The van der Waals surface area contributed by atoms with Crippen LogP contribution in [-0.2, 0) is 6.54 Å². The van der Waals surface area contributed by atoms with E-state index in [-0.39, 0.29) is 0 Å². The standard InChI is InChI=1S/C16H13BrClN3/c17-15-9-13(18)4-1-12(15)10-19-14-5-2-11(3-6-14)16-7-8-20-21-16/h1-9,19H,10H2,(H,20,21). The summed E-state index contributed by atoms with van der Waals surface area (Å²) >= 11 is 9.46. The van der Waals surface area contributed by atoms with Crippen LogP contribution in [0.1, 0.15) is 5.56 Å². The highest BCUT2D eigenvalue weighted by atomic mass is 79.9. The summed E-state index contributed by atoms with van der Waals surface area (Å²) in [5.41, 5.74) is 4.37. The number of benzene rings is 2. The average Bonchev–Trinajstić information content (AvgIpc) is 3.01. The number of hydrogen-bond acceptors (Lipinski definition) is 2. The average molecular weight is 363 g/mol. The van der Waals surface area contributed by atoms with Crippen LogP contribution in [0.25, 0.3) is 11.3 Å². The van der Waals surface area contributed by atoms with E-state index in [9.17, 15) is 0 Å².